The van der Waals surface area contributed by atoms with E-state index in [0.29, 0.717) is 17.2 Å². The third-order valence-electron chi connectivity index (χ3n) is 4.64. The first-order valence-electron chi connectivity index (χ1n) is 8.52. The number of rotatable bonds is 6. The minimum atomic E-state index is -0.143. The van der Waals surface area contributed by atoms with E-state index in [-0.39, 0.29) is 5.91 Å². The van der Waals surface area contributed by atoms with Gasteiger partial charge in [-0.25, -0.2) is 4.98 Å². The predicted octanol–water partition coefficient (Wildman–Crippen LogP) is 3.96. The van der Waals surface area contributed by atoms with Crippen LogP contribution in [0.4, 0.5) is 0 Å². The monoisotopic (exact) mass is 334 g/mol. The highest BCUT2D eigenvalue weighted by Gasteiger charge is 2.22. The van der Waals surface area contributed by atoms with E-state index in [9.17, 15) is 9.59 Å². The zero-order valence-electron chi connectivity index (χ0n) is 14.6. The maximum Gasteiger partial charge on any atom is 0.269 e. The van der Waals surface area contributed by atoms with Gasteiger partial charge >= 0.3 is 0 Å². The summed E-state index contributed by atoms with van der Waals surface area (Å²) >= 11 is 0. The Hall–Kier alpha value is -2.75. The summed E-state index contributed by atoms with van der Waals surface area (Å²) in [5.74, 6) is 0.487. The fraction of sp³-hybridized carbons (Fsp3) is 0.286. The van der Waals surface area contributed by atoms with Crippen molar-refractivity contribution >= 4 is 18.3 Å². The van der Waals surface area contributed by atoms with Gasteiger partial charge in [-0.1, -0.05) is 24.8 Å². The van der Waals surface area contributed by atoms with E-state index in [1.54, 1.807) is 12.1 Å². The van der Waals surface area contributed by atoms with Gasteiger partial charge in [0.05, 0.1) is 0 Å². The van der Waals surface area contributed by atoms with E-state index in [4.69, 9.17) is 0 Å². The summed E-state index contributed by atoms with van der Waals surface area (Å²) in [5, 5.41) is 2.93. The van der Waals surface area contributed by atoms with Crippen molar-refractivity contribution in [3.63, 3.8) is 0 Å². The van der Waals surface area contributed by atoms with E-state index in [1.807, 2.05) is 32.0 Å². The first kappa shape index (κ1) is 17.1. The summed E-state index contributed by atoms with van der Waals surface area (Å²) < 4.78 is 0. The number of nitrogens with one attached hydrogen (secondary N) is 1. The molecule has 1 N–H and O–H groups in total. The van der Waals surface area contributed by atoms with Crippen molar-refractivity contribution in [2.45, 2.75) is 26.7 Å². The average Bonchev–Trinajstić information content (AvgIpc) is 3.43. The number of hydrogen-bond acceptors (Lipinski definition) is 3. The standard InChI is InChI=1S/C21H22N2O2/c1-4-16-10-17(12-24)19(9-13(16)2)18-7-8-20(23-14(18)3)21(25)22-11-15-5-6-15/h4,7-10,12,15H,1,5-6,11H2,2-3H3,(H,22,25). The molecule has 4 heteroatoms. The number of aromatic nitrogens is 1. The Kier molecular flexibility index (Phi) is 4.79. The second-order valence-corrected chi connectivity index (χ2v) is 6.60. The molecule has 0 bridgehead atoms. The van der Waals surface area contributed by atoms with Crippen LogP contribution in [-0.4, -0.2) is 23.7 Å². The van der Waals surface area contributed by atoms with Crippen molar-refractivity contribution in [1.82, 2.24) is 10.3 Å². The topological polar surface area (TPSA) is 59.1 Å². The molecule has 2 aromatic rings. The third-order valence-corrected chi connectivity index (χ3v) is 4.64. The summed E-state index contributed by atoms with van der Waals surface area (Å²) in [6.45, 7) is 8.34. The van der Waals surface area contributed by atoms with Crippen LogP contribution in [0.3, 0.4) is 0 Å². The van der Waals surface area contributed by atoms with E-state index >= 15 is 0 Å². The van der Waals surface area contributed by atoms with Crippen LogP contribution in [0.15, 0.2) is 30.8 Å². The summed E-state index contributed by atoms with van der Waals surface area (Å²) in [6, 6.07) is 7.39. The first-order valence-corrected chi connectivity index (χ1v) is 8.52. The van der Waals surface area contributed by atoms with Gasteiger partial charge in [-0.05, 0) is 61.4 Å². The highest BCUT2D eigenvalue weighted by Crippen LogP contribution is 2.29. The lowest BCUT2D eigenvalue weighted by Crippen LogP contribution is -2.26. The molecule has 0 unspecified atom stereocenters. The Bertz CT molecular complexity index is 851. The van der Waals surface area contributed by atoms with Gasteiger partial charge in [0, 0.05) is 23.4 Å². The lowest BCUT2D eigenvalue weighted by Gasteiger charge is -2.12. The van der Waals surface area contributed by atoms with Crippen molar-refractivity contribution in [2.24, 2.45) is 5.92 Å². The van der Waals surface area contributed by atoms with Gasteiger partial charge in [-0.15, -0.1) is 0 Å². The fourth-order valence-corrected chi connectivity index (χ4v) is 2.91. The minimum Gasteiger partial charge on any atom is -0.350 e. The van der Waals surface area contributed by atoms with Crippen LogP contribution < -0.4 is 5.32 Å². The largest absolute Gasteiger partial charge is 0.350 e. The summed E-state index contributed by atoms with van der Waals surface area (Å²) in [6.07, 6.45) is 4.97. The number of hydrogen-bond donors (Lipinski definition) is 1. The van der Waals surface area contributed by atoms with Gasteiger partial charge in [-0.2, -0.15) is 0 Å². The van der Waals surface area contributed by atoms with Crippen molar-refractivity contribution in [1.29, 1.82) is 0 Å². The zero-order valence-corrected chi connectivity index (χ0v) is 14.6. The molecule has 0 spiro atoms. The highest BCUT2D eigenvalue weighted by molar-refractivity contribution is 5.94. The molecular formula is C21H22N2O2. The molecule has 0 saturated heterocycles. The number of aldehydes is 1. The molecule has 1 aliphatic carbocycles. The molecule has 0 aliphatic heterocycles. The van der Waals surface area contributed by atoms with Crippen molar-refractivity contribution < 1.29 is 9.59 Å². The van der Waals surface area contributed by atoms with Crippen molar-refractivity contribution in [3.8, 4) is 11.1 Å². The molecule has 128 valence electrons. The van der Waals surface area contributed by atoms with E-state index in [2.05, 4.69) is 16.9 Å². The normalized spacial score (nSPS) is 13.4. The number of nitrogens with zero attached hydrogens (tertiary/aromatic N) is 1. The molecule has 0 atom stereocenters. The molecule has 0 radical (unpaired) electrons. The Labute approximate surface area is 148 Å². The average molecular weight is 334 g/mol. The molecule has 1 saturated carbocycles. The van der Waals surface area contributed by atoms with E-state index < -0.39 is 0 Å². The second kappa shape index (κ2) is 7.01. The maximum absolute atomic E-state index is 12.2. The van der Waals surface area contributed by atoms with Gasteiger partial charge in [-0.3, -0.25) is 9.59 Å². The molecule has 3 rings (SSSR count). The number of carbonyl (C=O) groups excluding carboxylic acids is 2. The molecule has 4 nitrogen and oxygen atoms in total. The van der Waals surface area contributed by atoms with Crippen LogP contribution in [0, 0.1) is 19.8 Å². The maximum atomic E-state index is 12.2. The molecular weight excluding hydrogens is 312 g/mol. The smallest absolute Gasteiger partial charge is 0.269 e. The van der Waals surface area contributed by atoms with Crippen LogP contribution in [0.25, 0.3) is 17.2 Å². The van der Waals surface area contributed by atoms with E-state index in [0.717, 1.165) is 40.8 Å². The third kappa shape index (κ3) is 3.68. The number of benzene rings is 1. The van der Waals surface area contributed by atoms with Gasteiger partial charge in [0.15, 0.2) is 6.29 Å². The quantitative estimate of drug-likeness (QED) is 0.814. The number of carbonyl (C=O) groups is 2. The van der Waals surface area contributed by atoms with Crippen LogP contribution in [-0.2, 0) is 0 Å². The number of aryl methyl sites for hydroxylation is 2. The van der Waals surface area contributed by atoms with Crippen LogP contribution in [0.5, 0.6) is 0 Å². The van der Waals surface area contributed by atoms with Crippen LogP contribution in [0.1, 0.15) is 50.5 Å². The van der Waals surface area contributed by atoms with Gasteiger partial charge in [0.25, 0.3) is 5.91 Å². The van der Waals surface area contributed by atoms with Crippen molar-refractivity contribution in [2.75, 3.05) is 6.54 Å². The Morgan fingerprint density at radius 3 is 2.60 bits per heavy atom. The number of pyridine rings is 1. The first-order chi connectivity index (χ1) is 12.0. The molecule has 1 fully saturated rings. The van der Waals surface area contributed by atoms with Gasteiger partial charge in [0.1, 0.15) is 5.69 Å². The molecule has 1 aromatic carbocycles. The Morgan fingerprint density at radius 1 is 1.24 bits per heavy atom. The van der Waals surface area contributed by atoms with Gasteiger partial charge in [0.2, 0.25) is 0 Å². The predicted molar refractivity (Wildman–Crippen MR) is 99.7 cm³/mol. The number of amides is 1. The molecule has 1 aromatic heterocycles. The molecule has 1 amide bonds. The van der Waals surface area contributed by atoms with Crippen LogP contribution in [0.2, 0.25) is 0 Å². The minimum absolute atomic E-state index is 0.143. The lowest BCUT2D eigenvalue weighted by molar-refractivity contribution is 0.0946. The summed E-state index contributed by atoms with van der Waals surface area (Å²) in [4.78, 5) is 28.1. The van der Waals surface area contributed by atoms with Gasteiger partial charge < -0.3 is 5.32 Å². The van der Waals surface area contributed by atoms with E-state index in [1.165, 1.54) is 12.8 Å². The summed E-state index contributed by atoms with van der Waals surface area (Å²) in [5.41, 5.74) is 5.40. The molecule has 1 aliphatic rings. The molecule has 25 heavy (non-hydrogen) atoms. The lowest BCUT2D eigenvalue weighted by atomic mass is 9.94. The zero-order chi connectivity index (χ0) is 18.0. The van der Waals surface area contributed by atoms with Crippen LogP contribution >= 0.6 is 0 Å². The SMILES string of the molecule is C=Cc1cc(C=O)c(-c2ccc(C(=O)NCC3CC3)nc2C)cc1C. The van der Waals surface area contributed by atoms with Crippen molar-refractivity contribution in [3.05, 3.63) is 58.9 Å². The Balaban J connectivity index is 1.92. The second-order valence-electron chi connectivity index (χ2n) is 6.60. The Morgan fingerprint density at radius 2 is 2.00 bits per heavy atom. The fourth-order valence-electron chi connectivity index (χ4n) is 2.91. The molecule has 1 heterocycles. The highest BCUT2D eigenvalue weighted by atomic mass is 16.1. The summed E-state index contributed by atoms with van der Waals surface area (Å²) in [7, 11) is 0.